The number of halogens is 1. The first-order chi connectivity index (χ1) is 9.72. The third-order valence-electron chi connectivity index (χ3n) is 3.39. The molecule has 0 radical (unpaired) electrons. The highest BCUT2D eigenvalue weighted by molar-refractivity contribution is 6.32. The van der Waals surface area contributed by atoms with E-state index in [1.165, 1.54) is 0 Å². The Labute approximate surface area is 122 Å². The SMILES string of the molecule is CCc1c(-c2cn[nH]c2N)cc(Cl)c2c1OCCCO2. The normalized spacial score (nSPS) is 14.1. The second-order valence-electron chi connectivity index (χ2n) is 4.64. The van der Waals surface area contributed by atoms with E-state index in [9.17, 15) is 0 Å². The molecule has 0 aliphatic carbocycles. The first-order valence-corrected chi connectivity index (χ1v) is 7.00. The molecule has 0 unspecified atom stereocenters. The number of aromatic nitrogens is 2. The first kappa shape index (κ1) is 13.1. The van der Waals surface area contributed by atoms with Crippen molar-refractivity contribution in [3.63, 3.8) is 0 Å². The van der Waals surface area contributed by atoms with E-state index in [1.807, 2.05) is 6.07 Å². The monoisotopic (exact) mass is 293 g/mol. The lowest BCUT2D eigenvalue weighted by molar-refractivity contribution is 0.296. The molecule has 3 N–H and O–H groups in total. The van der Waals surface area contributed by atoms with Gasteiger partial charge in [0.2, 0.25) is 0 Å². The molecule has 0 fully saturated rings. The van der Waals surface area contributed by atoms with Crippen LogP contribution in [0.5, 0.6) is 11.5 Å². The molecular weight excluding hydrogens is 278 g/mol. The Morgan fingerprint density at radius 2 is 2.05 bits per heavy atom. The molecule has 6 heteroatoms. The molecule has 0 spiro atoms. The van der Waals surface area contributed by atoms with E-state index in [0.717, 1.165) is 35.3 Å². The molecule has 0 saturated carbocycles. The van der Waals surface area contributed by atoms with Crippen molar-refractivity contribution in [2.75, 3.05) is 18.9 Å². The van der Waals surface area contributed by atoms with Gasteiger partial charge in [0.25, 0.3) is 0 Å². The summed E-state index contributed by atoms with van der Waals surface area (Å²) in [6.45, 7) is 3.31. The smallest absolute Gasteiger partial charge is 0.180 e. The number of rotatable bonds is 2. The van der Waals surface area contributed by atoms with Crippen LogP contribution in [0.15, 0.2) is 12.3 Å². The zero-order chi connectivity index (χ0) is 14.1. The predicted molar refractivity (Wildman–Crippen MR) is 78.4 cm³/mol. The average Bonchev–Trinajstić information content (AvgIpc) is 2.72. The maximum absolute atomic E-state index is 6.34. The highest BCUT2D eigenvalue weighted by Gasteiger charge is 2.23. The first-order valence-electron chi connectivity index (χ1n) is 6.62. The fraction of sp³-hybridized carbons (Fsp3) is 0.357. The fourth-order valence-electron chi connectivity index (χ4n) is 2.44. The highest BCUT2D eigenvalue weighted by Crippen LogP contribution is 2.45. The molecule has 2 heterocycles. The van der Waals surface area contributed by atoms with Gasteiger partial charge in [0.1, 0.15) is 5.82 Å². The summed E-state index contributed by atoms with van der Waals surface area (Å²) in [5.41, 5.74) is 8.73. The van der Waals surface area contributed by atoms with Crippen molar-refractivity contribution < 1.29 is 9.47 Å². The van der Waals surface area contributed by atoms with Crippen LogP contribution in [0.3, 0.4) is 0 Å². The molecule has 0 amide bonds. The molecule has 3 rings (SSSR count). The van der Waals surface area contributed by atoms with Gasteiger partial charge >= 0.3 is 0 Å². The Balaban J connectivity index is 2.24. The standard InChI is InChI=1S/C14H16ClN3O2/c1-2-8-9(10-7-17-18-14(10)16)6-11(15)13-12(8)19-4-3-5-20-13/h6-7H,2-5H2,1H3,(H3,16,17,18). The van der Waals surface area contributed by atoms with Crippen LogP contribution in [-0.2, 0) is 6.42 Å². The molecule has 20 heavy (non-hydrogen) atoms. The Morgan fingerprint density at radius 3 is 2.70 bits per heavy atom. The van der Waals surface area contributed by atoms with E-state index in [1.54, 1.807) is 6.20 Å². The van der Waals surface area contributed by atoms with Crippen LogP contribution in [0.1, 0.15) is 18.9 Å². The number of hydrogen-bond acceptors (Lipinski definition) is 4. The van der Waals surface area contributed by atoms with Gasteiger partial charge in [-0.05, 0) is 18.1 Å². The van der Waals surface area contributed by atoms with Crippen molar-refractivity contribution in [1.29, 1.82) is 0 Å². The van der Waals surface area contributed by atoms with E-state index >= 15 is 0 Å². The molecule has 1 aliphatic heterocycles. The minimum Gasteiger partial charge on any atom is -0.489 e. The number of anilines is 1. The zero-order valence-corrected chi connectivity index (χ0v) is 12.0. The summed E-state index contributed by atoms with van der Waals surface area (Å²) >= 11 is 6.34. The van der Waals surface area contributed by atoms with Crippen LogP contribution in [0.4, 0.5) is 5.82 Å². The fourth-order valence-corrected chi connectivity index (χ4v) is 2.69. The van der Waals surface area contributed by atoms with Crippen LogP contribution < -0.4 is 15.2 Å². The number of hydrogen-bond donors (Lipinski definition) is 2. The summed E-state index contributed by atoms with van der Waals surface area (Å²) in [5.74, 6) is 1.88. The molecule has 1 aliphatic rings. The maximum Gasteiger partial charge on any atom is 0.180 e. The summed E-state index contributed by atoms with van der Waals surface area (Å²) in [6, 6.07) is 1.87. The number of nitrogens with zero attached hydrogens (tertiary/aromatic N) is 1. The van der Waals surface area contributed by atoms with Gasteiger partial charge in [0.05, 0.1) is 24.4 Å². The van der Waals surface area contributed by atoms with E-state index < -0.39 is 0 Å². The van der Waals surface area contributed by atoms with Crippen molar-refractivity contribution in [2.45, 2.75) is 19.8 Å². The van der Waals surface area contributed by atoms with Gasteiger partial charge in [-0.1, -0.05) is 18.5 Å². The van der Waals surface area contributed by atoms with Gasteiger partial charge in [0, 0.05) is 17.5 Å². The molecule has 106 valence electrons. The molecule has 0 atom stereocenters. The molecular formula is C14H16ClN3O2. The van der Waals surface area contributed by atoms with Crippen LogP contribution in [-0.4, -0.2) is 23.4 Å². The van der Waals surface area contributed by atoms with Crippen LogP contribution in [0, 0.1) is 0 Å². The molecule has 2 aromatic rings. The molecule has 0 saturated heterocycles. The van der Waals surface area contributed by atoms with Crippen molar-refractivity contribution in [3.05, 3.63) is 22.8 Å². The Morgan fingerprint density at radius 1 is 1.30 bits per heavy atom. The summed E-state index contributed by atoms with van der Waals surface area (Å²) < 4.78 is 11.6. The molecule has 1 aromatic carbocycles. The zero-order valence-electron chi connectivity index (χ0n) is 11.2. The van der Waals surface area contributed by atoms with E-state index in [2.05, 4.69) is 17.1 Å². The average molecular weight is 294 g/mol. The lowest BCUT2D eigenvalue weighted by Gasteiger charge is -2.17. The van der Waals surface area contributed by atoms with Crippen molar-refractivity contribution in [2.24, 2.45) is 0 Å². The van der Waals surface area contributed by atoms with Crippen LogP contribution in [0.25, 0.3) is 11.1 Å². The number of ether oxygens (including phenoxy) is 2. The van der Waals surface area contributed by atoms with Gasteiger partial charge in [0.15, 0.2) is 11.5 Å². The van der Waals surface area contributed by atoms with E-state index in [0.29, 0.717) is 29.8 Å². The number of nitrogens with one attached hydrogen (secondary N) is 1. The topological polar surface area (TPSA) is 73.2 Å². The lowest BCUT2D eigenvalue weighted by atomic mass is 9.98. The number of nitrogens with two attached hydrogens (primary N) is 1. The minimum atomic E-state index is 0.519. The Bertz CT molecular complexity index is 640. The van der Waals surface area contributed by atoms with Gasteiger partial charge in [-0.15, -0.1) is 0 Å². The number of nitrogen functional groups attached to an aromatic ring is 1. The second-order valence-corrected chi connectivity index (χ2v) is 5.05. The number of fused-ring (bicyclic) bond motifs is 1. The van der Waals surface area contributed by atoms with Gasteiger partial charge in [-0.3, -0.25) is 5.10 Å². The largest absolute Gasteiger partial charge is 0.489 e. The van der Waals surface area contributed by atoms with Crippen molar-refractivity contribution in [1.82, 2.24) is 10.2 Å². The maximum atomic E-state index is 6.34. The summed E-state index contributed by atoms with van der Waals surface area (Å²) in [5, 5.41) is 7.25. The quantitative estimate of drug-likeness (QED) is 0.892. The summed E-state index contributed by atoms with van der Waals surface area (Å²) in [6.07, 6.45) is 3.34. The van der Waals surface area contributed by atoms with Gasteiger partial charge in [-0.2, -0.15) is 5.10 Å². The Hall–Kier alpha value is -1.88. The molecule has 0 bridgehead atoms. The number of aromatic amines is 1. The third kappa shape index (κ3) is 2.08. The predicted octanol–water partition coefficient (Wildman–Crippen LogP) is 3.04. The van der Waals surface area contributed by atoms with E-state index in [4.69, 9.17) is 26.8 Å². The number of benzene rings is 1. The van der Waals surface area contributed by atoms with Crippen molar-refractivity contribution in [3.8, 4) is 22.6 Å². The van der Waals surface area contributed by atoms with Crippen LogP contribution >= 0.6 is 11.6 Å². The summed E-state index contributed by atoms with van der Waals surface area (Å²) in [4.78, 5) is 0. The minimum absolute atomic E-state index is 0.519. The lowest BCUT2D eigenvalue weighted by Crippen LogP contribution is -2.00. The second kappa shape index (κ2) is 5.25. The Kier molecular flexibility index (Phi) is 3.44. The van der Waals surface area contributed by atoms with Crippen LogP contribution in [0.2, 0.25) is 5.02 Å². The highest BCUT2D eigenvalue weighted by atomic mass is 35.5. The number of H-pyrrole nitrogens is 1. The molecule has 1 aromatic heterocycles. The molecule has 5 nitrogen and oxygen atoms in total. The third-order valence-corrected chi connectivity index (χ3v) is 3.67. The van der Waals surface area contributed by atoms with Gasteiger partial charge < -0.3 is 15.2 Å². The van der Waals surface area contributed by atoms with Gasteiger partial charge in [-0.25, -0.2) is 0 Å². The van der Waals surface area contributed by atoms with Crippen molar-refractivity contribution >= 4 is 17.4 Å². The summed E-state index contributed by atoms with van der Waals surface area (Å²) in [7, 11) is 0. The van der Waals surface area contributed by atoms with E-state index in [-0.39, 0.29) is 0 Å².